The molecule has 9 heteroatoms. The van der Waals surface area contributed by atoms with Crippen molar-refractivity contribution in [3.05, 3.63) is 4.80 Å². The number of piperidine rings is 1. The second-order valence-corrected chi connectivity index (χ2v) is 6.94. The van der Waals surface area contributed by atoms with Crippen molar-refractivity contribution in [3.8, 4) is 5.19 Å². The quantitative estimate of drug-likeness (QED) is 0.662. The first kappa shape index (κ1) is 18.0. The van der Waals surface area contributed by atoms with E-state index in [2.05, 4.69) is 26.9 Å². The molecule has 128 valence electrons. The molecular weight excluding hydrogens is 332 g/mol. The second-order valence-electron chi connectivity index (χ2n) is 5.29. The van der Waals surface area contributed by atoms with Gasteiger partial charge in [0.1, 0.15) is 6.10 Å². The fourth-order valence-corrected chi connectivity index (χ4v) is 3.97. The minimum Gasteiger partial charge on any atom is -0.466 e. The number of hydrogen-bond donors (Lipinski definition) is 1. The van der Waals surface area contributed by atoms with E-state index in [1.165, 1.54) is 23.3 Å². The first-order chi connectivity index (χ1) is 11.1. The van der Waals surface area contributed by atoms with E-state index in [0.717, 1.165) is 31.9 Å². The van der Waals surface area contributed by atoms with Crippen LogP contribution in [-0.2, 0) is 0 Å². The molecule has 2 rings (SSSR count). The van der Waals surface area contributed by atoms with Crippen LogP contribution >= 0.6 is 23.3 Å². The molecule has 1 aliphatic rings. The largest absolute Gasteiger partial charge is 0.466 e. The Labute approximate surface area is 145 Å². The standard InChI is InChI=1S/C14H24N6OS2/c1-5-17-13(16-3)19-8-6-11(7-9-19)10(2)21-14-18-20(22-4)12(15)23-14/h5,10-11,15H,6-9H2,1-4H3/t10-/m0/s1. The summed E-state index contributed by atoms with van der Waals surface area (Å²) in [5.74, 6) is 1.29. The lowest BCUT2D eigenvalue weighted by Gasteiger charge is -2.34. The van der Waals surface area contributed by atoms with Crippen LogP contribution in [0.1, 0.15) is 26.7 Å². The Morgan fingerprint density at radius 1 is 1.52 bits per heavy atom. The zero-order chi connectivity index (χ0) is 16.8. The molecule has 1 saturated heterocycles. The van der Waals surface area contributed by atoms with Gasteiger partial charge in [-0.15, -0.1) is 5.10 Å². The molecule has 0 spiro atoms. The Balaban J connectivity index is 1.90. The lowest BCUT2D eigenvalue weighted by Crippen LogP contribution is -2.41. The van der Waals surface area contributed by atoms with E-state index in [4.69, 9.17) is 10.1 Å². The van der Waals surface area contributed by atoms with E-state index in [-0.39, 0.29) is 6.10 Å². The Morgan fingerprint density at radius 2 is 2.22 bits per heavy atom. The third kappa shape index (κ3) is 4.57. The first-order valence-corrected chi connectivity index (χ1v) is 9.65. The van der Waals surface area contributed by atoms with E-state index in [1.54, 1.807) is 17.3 Å². The lowest BCUT2D eigenvalue weighted by molar-refractivity contribution is 0.107. The van der Waals surface area contributed by atoms with Crippen molar-refractivity contribution in [2.75, 3.05) is 26.4 Å². The summed E-state index contributed by atoms with van der Waals surface area (Å²) < 4.78 is 7.53. The van der Waals surface area contributed by atoms with E-state index in [9.17, 15) is 0 Å². The summed E-state index contributed by atoms with van der Waals surface area (Å²) in [6.07, 6.45) is 5.85. The maximum atomic E-state index is 7.80. The molecule has 0 bridgehead atoms. The highest BCUT2D eigenvalue weighted by atomic mass is 32.2. The molecule has 1 atom stereocenters. The minimum absolute atomic E-state index is 0.0923. The van der Waals surface area contributed by atoms with Gasteiger partial charge >= 0.3 is 0 Å². The summed E-state index contributed by atoms with van der Waals surface area (Å²) in [6.45, 7) is 5.88. The number of aromatic nitrogens is 2. The van der Waals surface area contributed by atoms with Gasteiger partial charge in [0, 0.05) is 32.6 Å². The average molecular weight is 357 g/mol. The third-order valence-electron chi connectivity index (χ3n) is 3.92. The van der Waals surface area contributed by atoms with Crippen LogP contribution in [0.4, 0.5) is 0 Å². The summed E-state index contributed by atoms with van der Waals surface area (Å²) in [5, 5.41) is 12.7. The Bertz CT molecular complexity index is 615. The lowest BCUT2D eigenvalue weighted by atomic mass is 9.92. The molecule has 2 heterocycles. The van der Waals surface area contributed by atoms with Crippen molar-refractivity contribution in [1.82, 2.24) is 14.1 Å². The van der Waals surface area contributed by atoms with Crippen molar-refractivity contribution in [2.45, 2.75) is 32.8 Å². The third-order valence-corrected chi connectivity index (χ3v) is 5.37. The number of rotatable bonds is 4. The van der Waals surface area contributed by atoms with Crippen LogP contribution in [0.5, 0.6) is 5.19 Å². The van der Waals surface area contributed by atoms with Crippen LogP contribution in [0.3, 0.4) is 0 Å². The topological polar surface area (TPSA) is 78.9 Å². The molecule has 23 heavy (non-hydrogen) atoms. The number of nitrogens with one attached hydrogen (secondary N) is 1. The van der Waals surface area contributed by atoms with Gasteiger partial charge < -0.3 is 9.64 Å². The molecule has 7 nitrogen and oxygen atoms in total. The fourth-order valence-electron chi connectivity index (χ4n) is 2.65. The van der Waals surface area contributed by atoms with Crippen molar-refractivity contribution in [2.24, 2.45) is 15.9 Å². The van der Waals surface area contributed by atoms with Crippen LogP contribution in [0.15, 0.2) is 9.98 Å². The minimum atomic E-state index is 0.0923. The van der Waals surface area contributed by atoms with Gasteiger partial charge in [0.15, 0.2) is 0 Å². The van der Waals surface area contributed by atoms with Crippen LogP contribution in [-0.4, -0.2) is 58.8 Å². The van der Waals surface area contributed by atoms with Crippen LogP contribution in [0.2, 0.25) is 0 Å². The molecule has 0 unspecified atom stereocenters. The molecule has 0 saturated carbocycles. The molecule has 0 amide bonds. The van der Waals surface area contributed by atoms with Gasteiger partial charge in [0.25, 0.3) is 5.19 Å². The van der Waals surface area contributed by atoms with Gasteiger partial charge in [0.2, 0.25) is 10.8 Å². The summed E-state index contributed by atoms with van der Waals surface area (Å²) in [7, 11) is 1.78. The summed E-state index contributed by atoms with van der Waals surface area (Å²) in [5.41, 5.74) is 0. The zero-order valence-corrected chi connectivity index (χ0v) is 15.7. The summed E-state index contributed by atoms with van der Waals surface area (Å²) >= 11 is 2.68. The smallest absolute Gasteiger partial charge is 0.295 e. The van der Waals surface area contributed by atoms with Crippen LogP contribution < -0.4 is 9.54 Å². The molecule has 0 aromatic carbocycles. The first-order valence-electron chi connectivity index (χ1n) is 7.65. The van der Waals surface area contributed by atoms with E-state index >= 15 is 0 Å². The van der Waals surface area contributed by atoms with Gasteiger partial charge in [-0.25, -0.2) is 4.99 Å². The number of aliphatic imine (C=N–C) groups is 2. The Hall–Kier alpha value is -1.35. The highest BCUT2D eigenvalue weighted by molar-refractivity contribution is 7.97. The Kier molecular flexibility index (Phi) is 6.64. The molecule has 0 aliphatic carbocycles. The zero-order valence-electron chi connectivity index (χ0n) is 14.0. The van der Waals surface area contributed by atoms with E-state index in [0.29, 0.717) is 15.9 Å². The summed E-state index contributed by atoms with van der Waals surface area (Å²) in [6, 6.07) is 0. The SMILES string of the molecule is CC=NC(=NC)N1CCC([C@H](C)Oc2nn(SC)c(=N)s2)CC1. The molecule has 1 aliphatic heterocycles. The maximum Gasteiger partial charge on any atom is 0.295 e. The van der Waals surface area contributed by atoms with Crippen LogP contribution in [0, 0.1) is 11.3 Å². The highest BCUT2D eigenvalue weighted by Gasteiger charge is 2.27. The van der Waals surface area contributed by atoms with Gasteiger partial charge in [0.05, 0.1) is 0 Å². The fraction of sp³-hybridized carbons (Fsp3) is 0.714. The monoisotopic (exact) mass is 356 g/mol. The second kappa shape index (κ2) is 8.49. The van der Waals surface area contributed by atoms with Crippen molar-refractivity contribution in [3.63, 3.8) is 0 Å². The number of ether oxygens (including phenoxy) is 1. The number of guanidine groups is 1. The molecule has 1 aromatic rings. The van der Waals surface area contributed by atoms with Gasteiger partial charge in [-0.1, -0.05) is 0 Å². The number of nitrogens with zero attached hydrogens (tertiary/aromatic N) is 5. The van der Waals surface area contributed by atoms with Gasteiger partial charge in [-0.2, -0.15) is 4.09 Å². The Morgan fingerprint density at radius 3 is 2.74 bits per heavy atom. The highest BCUT2D eigenvalue weighted by Crippen LogP contribution is 2.25. The predicted octanol–water partition coefficient (Wildman–Crippen LogP) is 2.11. The predicted molar refractivity (Wildman–Crippen MR) is 96.8 cm³/mol. The normalized spacial score (nSPS) is 18.6. The van der Waals surface area contributed by atoms with Gasteiger partial charge in [-0.3, -0.25) is 10.4 Å². The van der Waals surface area contributed by atoms with Crippen LogP contribution in [0.25, 0.3) is 0 Å². The van der Waals surface area contributed by atoms with Crippen molar-refractivity contribution >= 4 is 35.5 Å². The molecular formula is C14H24N6OS2. The van der Waals surface area contributed by atoms with Crippen molar-refractivity contribution < 1.29 is 4.74 Å². The van der Waals surface area contributed by atoms with Crippen molar-refractivity contribution in [1.29, 1.82) is 5.41 Å². The van der Waals surface area contributed by atoms with E-state index in [1.807, 2.05) is 13.2 Å². The number of likely N-dealkylation sites (tertiary alicyclic amines) is 1. The molecule has 1 aromatic heterocycles. The van der Waals surface area contributed by atoms with Gasteiger partial charge in [-0.05, 0) is 55.9 Å². The molecule has 1 N–H and O–H groups in total. The molecule has 1 fully saturated rings. The summed E-state index contributed by atoms with van der Waals surface area (Å²) in [4.78, 5) is 11.2. The van der Waals surface area contributed by atoms with E-state index < -0.39 is 0 Å². The number of hydrogen-bond acceptors (Lipinski definition) is 6. The maximum absolute atomic E-state index is 7.80. The average Bonchev–Trinajstić information content (AvgIpc) is 2.92. The molecule has 0 radical (unpaired) electrons.